The first-order valence-electron chi connectivity index (χ1n) is 9.68. The first-order valence-corrected chi connectivity index (χ1v) is 10.6. The van der Waals surface area contributed by atoms with Crippen LogP contribution in [0, 0.1) is 0 Å². The highest BCUT2D eigenvalue weighted by Crippen LogP contribution is 2.22. The van der Waals surface area contributed by atoms with Gasteiger partial charge in [0.05, 0.1) is 17.8 Å². The lowest BCUT2D eigenvalue weighted by Gasteiger charge is -2.22. The van der Waals surface area contributed by atoms with Gasteiger partial charge in [-0.25, -0.2) is 4.98 Å². The third-order valence-electron chi connectivity index (χ3n) is 4.96. The van der Waals surface area contributed by atoms with E-state index in [0.717, 1.165) is 55.5 Å². The summed E-state index contributed by atoms with van der Waals surface area (Å²) in [7, 11) is 0. The van der Waals surface area contributed by atoms with Crippen LogP contribution >= 0.6 is 11.3 Å². The van der Waals surface area contributed by atoms with E-state index >= 15 is 0 Å². The summed E-state index contributed by atoms with van der Waals surface area (Å²) in [5, 5.41) is 2.84. The van der Waals surface area contributed by atoms with Crippen LogP contribution in [0.2, 0.25) is 0 Å². The number of benzene rings is 1. The summed E-state index contributed by atoms with van der Waals surface area (Å²) in [6, 6.07) is 16.3. The highest BCUT2D eigenvalue weighted by Gasteiger charge is 2.20. The molecule has 0 spiro atoms. The molecular formula is C22H24N4OS. The lowest BCUT2D eigenvalue weighted by atomic mass is 10.2. The second-order valence-electron chi connectivity index (χ2n) is 7.03. The summed E-state index contributed by atoms with van der Waals surface area (Å²) in [5.41, 5.74) is 3.02. The maximum absolute atomic E-state index is 12.8. The second kappa shape index (κ2) is 9.08. The molecule has 0 unspecified atom stereocenters. The van der Waals surface area contributed by atoms with E-state index in [0.29, 0.717) is 6.42 Å². The fourth-order valence-corrected chi connectivity index (χ4v) is 4.28. The van der Waals surface area contributed by atoms with Crippen molar-refractivity contribution in [1.82, 2.24) is 19.8 Å². The quantitative estimate of drug-likeness (QED) is 0.667. The minimum absolute atomic E-state index is 0.166. The van der Waals surface area contributed by atoms with E-state index in [1.807, 2.05) is 34.5 Å². The average Bonchev–Trinajstić information content (AvgIpc) is 3.07. The molecule has 0 aliphatic carbocycles. The van der Waals surface area contributed by atoms with Gasteiger partial charge in [-0.05, 0) is 24.1 Å². The van der Waals surface area contributed by atoms with E-state index in [2.05, 4.69) is 39.1 Å². The zero-order chi connectivity index (χ0) is 19.2. The molecule has 2 aromatic heterocycles. The fourth-order valence-electron chi connectivity index (χ4n) is 3.48. The number of pyridine rings is 1. The number of amides is 1. The van der Waals surface area contributed by atoms with E-state index in [-0.39, 0.29) is 5.91 Å². The van der Waals surface area contributed by atoms with Gasteiger partial charge in [-0.3, -0.25) is 14.7 Å². The maximum atomic E-state index is 12.8. The van der Waals surface area contributed by atoms with Gasteiger partial charge in [0.2, 0.25) is 5.91 Å². The molecule has 4 rings (SSSR count). The molecule has 3 heterocycles. The Morgan fingerprint density at radius 2 is 1.86 bits per heavy atom. The molecule has 1 aliphatic rings. The molecule has 0 bridgehead atoms. The largest absolute Gasteiger partial charge is 0.341 e. The molecule has 1 aromatic carbocycles. The average molecular weight is 393 g/mol. The zero-order valence-corrected chi connectivity index (χ0v) is 16.6. The SMILES string of the molecule is O=C(Cc1csc(-c2ccccn2)n1)N1CCCN(Cc2ccccc2)CC1. The van der Waals surface area contributed by atoms with E-state index in [1.165, 1.54) is 5.56 Å². The van der Waals surface area contributed by atoms with Crippen LogP contribution in [-0.2, 0) is 17.8 Å². The molecule has 144 valence electrons. The Morgan fingerprint density at radius 3 is 2.68 bits per heavy atom. The predicted octanol–water partition coefficient (Wildman–Crippen LogP) is 3.48. The Morgan fingerprint density at radius 1 is 1.00 bits per heavy atom. The predicted molar refractivity (Wildman–Crippen MR) is 112 cm³/mol. The minimum Gasteiger partial charge on any atom is -0.341 e. The molecule has 1 aliphatic heterocycles. The van der Waals surface area contributed by atoms with Crippen molar-refractivity contribution in [2.45, 2.75) is 19.4 Å². The van der Waals surface area contributed by atoms with Crippen LogP contribution in [0.15, 0.2) is 60.1 Å². The first kappa shape index (κ1) is 18.8. The molecule has 5 nitrogen and oxygen atoms in total. The van der Waals surface area contributed by atoms with Crippen LogP contribution in [0.5, 0.6) is 0 Å². The topological polar surface area (TPSA) is 49.3 Å². The van der Waals surface area contributed by atoms with Crippen molar-refractivity contribution in [2.24, 2.45) is 0 Å². The number of carbonyl (C=O) groups is 1. The Bertz CT molecular complexity index is 897. The van der Waals surface area contributed by atoms with Crippen LogP contribution in [0.25, 0.3) is 10.7 Å². The Kier molecular flexibility index (Phi) is 6.09. The number of aromatic nitrogens is 2. The third-order valence-corrected chi connectivity index (χ3v) is 5.87. The second-order valence-corrected chi connectivity index (χ2v) is 7.89. The highest BCUT2D eigenvalue weighted by atomic mass is 32.1. The molecule has 1 saturated heterocycles. The van der Waals surface area contributed by atoms with Crippen molar-refractivity contribution in [2.75, 3.05) is 26.2 Å². The molecular weight excluding hydrogens is 368 g/mol. The van der Waals surface area contributed by atoms with Crippen molar-refractivity contribution < 1.29 is 4.79 Å². The van der Waals surface area contributed by atoms with Gasteiger partial charge >= 0.3 is 0 Å². The fraction of sp³-hybridized carbons (Fsp3) is 0.318. The third kappa shape index (κ3) is 4.82. The van der Waals surface area contributed by atoms with Crippen molar-refractivity contribution in [1.29, 1.82) is 0 Å². The number of hydrogen-bond donors (Lipinski definition) is 0. The van der Waals surface area contributed by atoms with E-state index < -0.39 is 0 Å². The van der Waals surface area contributed by atoms with Crippen LogP contribution < -0.4 is 0 Å². The molecule has 28 heavy (non-hydrogen) atoms. The van der Waals surface area contributed by atoms with Gasteiger partial charge in [0.25, 0.3) is 0 Å². The molecule has 0 N–H and O–H groups in total. The summed E-state index contributed by atoms with van der Waals surface area (Å²) in [4.78, 5) is 26.2. The number of thiazole rings is 1. The number of carbonyl (C=O) groups excluding carboxylic acids is 1. The molecule has 6 heteroatoms. The summed E-state index contributed by atoms with van der Waals surface area (Å²) in [6.07, 6.45) is 3.14. The van der Waals surface area contributed by atoms with Gasteiger partial charge in [-0.1, -0.05) is 36.4 Å². The lowest BCUT2D eigenvalue weighted by molar-refractivity contribution is -0.130. The van der Waals surface area contributed by atoms with Crippen LogP contribution in [-0.4, -0.2) is 51.9 Å². The van der Waals surface area contributed by atoms with Gasteiger partial charge in [0.1, 0.15) is 5.01 Å². The summed E-state index contributed by atoms with van der Waals surface area (Å²) < 4.78 is 0. The number of nitrogens with zero attached hydrogens (tertiary/aromatic N) is 4. The van der Waals surface area contributed by atoms with Gasteiger partial charge in [0, 0.05) is 44.3 Å². The summed E-state index contributed by atoms with van der Waals surface area (Å²) in [6.45, 7) is 4.49. The standard InChI is InChI=1S/C22H24N4OS/c27-21(15-19-17-28-22(24-19)20-9-4-5-10-23-20)26-12-6-11-25(13-14-26)16-18-7-2-1-3-8-18/h1-5,7-10,17H,6,11-16H2. The van der Waals surface area contributed by atoms with Crippen LogP contribution in [0.3, 0.4) is 0 Å². The smallest absolute Gasteiger partial charge is 0.228 e. The lowest BCUT2D eigenvalue weighted by Crippen LogP contribution is -2.36. The summed E-state index contributed by atoms with van der Waals surface area (Å²) >= 11 is 1.54. The van der Waals surface area contributed by atoms with E-state index in [9.17, 15) is 4.79 Å². The zero-order valence-electron chi connectivity index (χ0n) is 15.8. The van der Waals surface area contributed by atoms with Gasteiger partial charge in [-0.2, -0.15) is 0 Å². The van der Waals surface area contributed by atoms with Crippen LogP contribution in [0.1, 0.15) is 17.7 Å². The Labute approximate surface area is 169 Å². The van der Waals surface area contributed by atoms with Crippen molar-refractivity contribution in [3.63, 3.8) is 0 Å². The van der Waals surface area contributed by atoms with E-state index in [1.54, 1.807) is 17.5 Å². The number of hydrogen-bond acceptors (Lipinski definition) is 5. The normalized spacial score (nSPS) is 15.4. The molecule has 0 atom stereocenters. The number of rotatable bonds is 5. The van der Waals surface area contributed by atoms with Gasteiger partial charge in [-0.15, -0.1) is 11.3 Å². The van der Waals surface area contributed by atoms with Crippen molar-refractivity contribution in [3.8, 4) is 10.7 Å². The monoisotopic (exact) mass is 392 g/mol. The highest BCUT2D eigenvalue weighted by molar-refractivity contribution is 7.13. The van der Waals surface area contributed by atoms with Gasteiger partial charge < -0.3 is 4.90 Å². The first-order chi connectivity index (χ1) is 13.8. The molecule has 1 fully saturated rings. The van der Waals surface area contributed by atoms with Crippen LogP contribution in [0.4, 0.5) is 0 Å². The van der Waals surface area contributed by atoms with Crippen molar-refractivity contribution in [3.05, 3.63) is 71.4 Å². The minimum atomic E-state index is 0.166. The maximum Gasteiger partial charge on any atom is 0.228 e. The Hall–Kier alpha value is -2.57. The summed E-state index contributed by atoms with van der Waals surface area (Å²) in [5.74, 6) is 0.166. The molecule has 0 saturated carbocycles. The van der Waals surface area contributed by atoms with E-state index in [4.69, 9.17) is 0 Å². The molecule has 3 aromatic rings. The molecule has 0 radical (unpaired) electrons. The van der Waals surface area contributed by atoms with Gasteiger partial charge in [0.15, 0.2) is 0 Å². The Balaban J connectivity index is 1.32. The molecule has 1 amide bonds. The van der Waals surface area contributed by atoms with Crippen molar-refractivity contribution >= 4 is 17.2 Å².